The molecule has 0 spiro atoms. The first-order valence-corrected chi connectivity index (χ1v) is 12.5. The number of thiazole rings is 1. The van der Waals surface area contributed by atoms with Gasteiger partial charge in [0, 0.05) is 23.9 Å². The van der Waals surface area contributed by atoms with Gasteiger partial charge in [0.2, 0.25) is 0 Å². The van der Waals surface area contributed by atoms with Crippen molar-refractivity contribution in [2.45, 2.75) is 44.2 Å². The summed E-state index contributed by atoms with van der Waals surface area (Å²) in [4.78, 5) is 15.6. The predicted octanol–water partition coefficient (Wildman–Crippen LogP) is 5.74. The van der Waals surface area contributed by atoms with Crippen LogP contribution in [0.2, 0.25) is 0 Å². The number of anilines is 1. The summed E-state index contributed by atoms with van der Waals surface area (Å²) in [6.07, 6.45) is 14.8. The summed E-state index contributed by atoms with van der Waals surface area (Å²) in [6.45, 7) is 5.99. The fourth-order valence-electron chi connectivity index (χ4n) is 3.74. The number of hydrogen-bond donors (Lipinski definition) is 1. The Balaban J connectivity index is 1.44. The van der Waals surface area contributed by atoms with Crippen LogP contribution in [-0.2, 0) is 11.3 Å². The zero-order chi connectivity index (χ0) is 22.5. The first-order chi connectivity index (χ1) is 15.6. The number of ether oxygens (including phenoxy) is 1. The van der Waals surface area contributed by atoms with Gasteiger partial charge < -0.3 is 14.7 Å². The average molecular weight is 468 g/mol. The Labute approximate surface area is 197 Å². The summed E-state index contributed by atoms with van der Waals surface area (Å²) in [6, 6.07) is 8.50. The van der Waals surface area contributed by atoms with Gasteiger partial charge in [0.15, 0.2) is 6.54 Å². The van der Waals surface area contributed by atoms with Crippen molar-refractivity contribution in [2.75, 3.05) is 11.4 Å². The van der Waals surface area contributed by atoms with E-state index in [-0.39, 0.29) is 12.5 Å². The van der Waals surface area contributed by atoms with Gasteiger partial charge >= 0.3 is 11.8 Å². The van der Waals surface area contributed by atoms with Crippen molar-refractivity contribution >= 4 is 46.9 Å². The summed E-state index contributed by atoms with van der Waals surface area (Å²) in [5, 5.41) is 11.3. The molecule has 0 aliphatic carbocycles. The van der Waals surface area contributed by atoms with Crippen LogP contribution < -0.4 is 14.2 Å². The van der Waals surface area contributed by atoms with Crippen LogP contribution >= 0.6 is 23.1 Å². The van der Waals surface area contributed by atoms with Crippen LogP contribution in [0.4, 0.5) is 5.69 Å². The number of para-hydroxylation sites is 1. The van der Waals surface area contributed by atoms with E-state index in [9.17, 15) is 4.79 Å². The highest BCUT2D eigenvalue weighted by atomic mass is 32.2. The number of carboxylic acids is 1. The molecular formula is C25H27N2O3S2+. The highest BCUT2D eigenvalue weighted by Crippen LogP contribution is 2.45. The SMILES string of the molecule is CCN1C(=CC=CC=Cc2sc3c([n+]2CC)OC(CCC(=O)O)C=C3)Sc2ccccc21. The highest BCUT2D eigenvalue weighted by Gasteiger charge is 2.29. The largest absolute Gasteiger partial charge is 0.481 e. The van der Waals surface area contributed by atoms with Crippen molar-refractivity contribution < 1.29 is 19.2 Å². The molecule has 0 saturated carbocycles. The molecule has 32 heavy (non-hydrogen) atoms. The maximum Gasteiger partial charge on any atom is 0.387 e. The van der Waals surface area contributed by atoms with Crippen LogP contribution in [0, 0.1) is 0 Å². The highest BCUT2D eigenvalue weighted by molar-refractivity contribution is 8.03. The molecule has 0 bridgehead atoms. The molecule has 3 heterocycles. The fraction of sp³-hybridized carbons (Fsp3) is 0.280. The monoisotopic (exact) mass is 467 g/mol. The maximum atomic E-state index is 10.9. The smallest absolute Gasteiger partial charge is 0.387 e. The van der Waals surface area contributed by atoms with Crippen molar-refractivity contribution in [3.8, 4) is 5.88 Å². The Kier molecular flexibility index (Phi) is 7.17. The molecule has 2 aliphatic heterocycles. The van der Waals surface area contributed by atoms with Crippen LogP contribution in [0.25, 0.3) is 12.2 Å². The maximum absolute atomic E-state index is 10.9. The van der Waals surface area contributed by atoms with E-state index in [1.54, 1.807) is 23.1 Å². The number of nitrogens with zero attached hydrogens (tertiary/aromatic N) is 2. The lowest BCUT2D eigenvalue weighted by Gasteiger charge is -2.17. The molecule has 0 saturated heterocycles. The number of aliphatic carboxylic acids is 1. The number of aromatic nitrogens is 1. The van der Waals surface area contributed by atoms with E-state index in [0.29, 0.717) is 6.42 Å². The normalized spacial score (nSPS) is 18.5. The Hall–Kier alpha value is -2.77. The topological polar surface area (TPSA) is 53.7 Å². The number of hydrogen-bond acceptors (Lipinski definition) is 5. The summed E-state index contributed by atoms with van der Waals surface area (Å²) in [5.41, 5.74) is 1.28. The Morgan fingerprint density at radius 1 is 1.25 bits per heavy atom. The van der Waals surface area contributed by atoms with Crippen molar-refractivity contribution in [1.82, 2.24) is 0 Å². The van der Waals surface area contributed by atoms with Gasteiger partial charge in [-0.25, -0.2) is 0 Å². The molecule has 1 aromatic heterocycles. The number of rotatable bonds is 8. The van der Waals surface area contributed by atoms with Crippen LogP contribution in [0.5, 0.6) is 5.88 Å². The molecule has 2 aliphatic rings. The van der Waals surface area contributed by atoms with Gasteiger partial charge in [0.25, 0.3) is 5.01 Å². The molecule has 0 fully saturated rings. The van der Waals surface area contributed by atoms with E-state index < -0.39 is 5.97 Å². The molecule has 5 nitrogen and oxygen atoms in total. The van der Waals surface area contributed by atoms with Crippen LogP contribution in [0.1, 0.15) is 36.6 Å². The van der Waals surface area contributed by atoms with Gasteiger partial charge in [-0.05, 0) is 50.6 Å². The van der Waals surface area contributed by atoms with Gasteiger partial charge in [-0.1, -0.05) is 53.5 Å². The Bertz CT molecular complexity index is 1110. The van der Waals surface area contributed by atoms with Crippen LogP contribution in [0.15, 0.2) is 64.6 Å². The third-order valence-electron chi connectivity index (χ3n) is 5.27. The molecule has 7 heteroatoms. The first-order valence-electron chi connectivity index (χ1n) is 10.8. The molecular weight excluding hydrogens is 440 g/mol. The minimum Gasteiger partial charge on any atom is -0.481 e. The second-order valence-corrected chi connectivity index (χ2v) is 9.49. The number of allylic oxidation sites excluding steroid dienone is 4. The lowest BCUT2D eigenvalue weighted by Crippen LogP contribution is -2.37. The molecule has 1 aromatic carbocycles. The van der Waals surface area contributed by atoms with Crippen molar-refractivity contribution in [2.24, 2.45) is 0 Å². The van der Waals surface area contributed by atoms with Gasteiger partial charge in [0.05, 0.1) is 10.7 Å². The quantitative estimate of drug-likeness (QED) is 0.396. The predicted molar refractivity (Wildman–Crippen MR) is 132 cm³/mol. The molecule has 1 unspecified atom stereocenters. The van der Waals surface area contributed by atoms with E-state index in [1.165, 1.54) is 15.6 Å². The minimum atomic E-state index is -0.797. The number of thioether (sulfide) groups is 1. The summed E-state index contributed by atoms with van der Waals surface area (Å²) >= 11 is 3.48. The summed E-state index contributed by atoms with van der Waals surface area (Å²) in [5.74, 6) is 0.0358. The zero-order valence-corrected chi connectivity index (χ0v) is 19.9. The van der Waals surface area contributed by atoms with Crippen LogP contribution in [-0.4, -0.2) is 23.7 Å². The summed E-state index contributed by atoms with van der Waals surface area (Å²) in [7, 11) is 0. The van der Waals surface area contributed by atoms with Gasteiger partial charge in [-0.2, -0.15) is 4.57 Å². The second-order valence-electron chi connectivity index (χ2n) is 7.36. The van der Waals surface area contributed by atoms with Crippen molar-refractivity contribution in [1.29, 1.82) is 0 Å². The van der Waals surface area contributed by atoms with Crippen molar-refractivity contribution in [3.05, 3.63) is 69.6 Å². The number of carboxylic acid groups (broad SMARTS) is 1. The van der Waals surface area contributed by atoms with E-state index in [2.05, 4.69) is 78.0 Å². The molecule has 0 radical (unpaired) electrons. The van der Waals surface area contributed by atoms with Crippen LogP contribution in [0.3, 0.4) is 0 Å². The zero-order valence-electron chi connectivity index (χ0n) is 18.2. The van der Waals surface area contributed by atoms with Gasteiger partial charge in [0.1, 0.15) is 11.0 Å². The average Bonchev–Trinajstić information content (AvgIpc) is 3.33. The summed E-state index contributed by atoms with van der Waals surface area (Å²) < 4.78 is 8.23. The van der Waals surface area contributed by atoms with E-state index in [1.807, 2.05) is 12.2 Å². The van der Waals surface area contributed by atoms with E-state index in [4.69, 9.17) is 9.84 Å². The van der Waals surface area contributed by atoms with Gasteiger partial charge in [-0.3, -0.25) is 4.79 Å². The van der Waals surface area contributed by atoms with E-state index in [0.717, 1.165) is 28.9 Å². The molecule has 166 valence electrons. The number of benzene rings is 1. The molecule has 1 atom stereocenters. The first kappa shape index (κ1) is 22.4. The Morgan fingerprint density at radius 2 is 2.09 bits per heavy atom. The molecule has 4 rings (SSSR count). The molecule has 2 aromatic rings. The van der Waals surface area contributed by atoms with Crippen molar-refractivity contribution in [3.63, 3.8) is 0 Å². The third-order valence-corrected chi connectivity index (χ3v) is 7.50. The van der Waals surface area contributed by atoms with E-state index >= 15 is 0 Å². The number of fused-ring (bicyclic) bond motifs is 2. The lowest BCUT2D eigenvalue weighted by atomic mass is 10.1. The number of carbonyl (C=O) groups is 1. The molecule has 1 N–H and O–H groups in total. The second kappa shape index (κ2) is 10.2. The fourth-order valence-corrected chi connectivity index (χ4v) is 5.96. The minimum absolute atomic E-state index is 0.104. The van der Waals surface area contributed by atoms with Gasteiger partial charge in [-0.15, -0.1) is 0 Å². The standard InChI is InChI=1S/C25H26N2O3S2/c1-3-26-19-10-8-9-11-20(19)31-22(26)12-6-5-7-13-23-27(4-2)25-21(32-23)16-14-18(30-25)15-17-24(28)29/h5-14,16,18H,3-4,15,17H2,1-2H3/p+1. The lowest BCUT2D eigenvalue weighted by molar-refractivity contribution is -0.696. The third kappa shape index (κ3) is 4.84. The Morgan fingerprint density at radius 3 is 2.88 bits per heavy atom. The molecule has 0 amide bonds.